The second-order valence-corrected chi connectivity index (χ2v) is 3.03. The van der Waals surface area contributed by atoms with Crippen molar-refractivity contribution in [3.05, 3.63) is 0 Å². The van der Waals surface area contributed by atoms with Gasteiger partial charge in [-0.1, -0.05) is 13.3 Å². The zero-order chi connectivity index (χ0) is 10.5. The van der Waals surface area contributed by atoms with E-state index in [1.807, 2.05) is 6.92 Å². The van der Waals surface area contributed by atoms with Crippen LogP contribution in [0, 0.1) is 0 Å². The minimum Gasteiger partial charge on any atom is -0.469 e. The number of rotatable bonds is 5. The van der Waals surface area contributed by atoms with Crippen LogP contribution in [0.2, 0.25) is 12.4 Å². The lowest BCUT2D eigenvalue weighted by Gasteiger charge is -1.93. The third-order valence-corrected chi connectivity index (χ3v) is 1.67. The molecule has 13 heavy (non-hydrogen) atoms. The van der Waals surface area contributed by atoms with Crippen molar-refractivity contribution >= 4 is 28.9 Å². The molecule has 0 unspecified atom stereocenters. The van der Waals surface area contributed by atoms with Crippen LogP contribution < -0.4 is 0 Å². The minimum atomic E-state index is -0.105. The van der Waals surface area contributed by atoms with Crippen LogP contribution in [0.5, 0.6) is 0 Å². The Hall–Kier alpha value is -0.335. The third-order valence-electron chi connectivity index (χ3n) is 1.67. The van der Waals surface area contributed by atoms with Crippen LogP contribution in [0.25, 0.3) is 0 Å². The molecule has 0 saturated heterocycles. The highest BCUT2D eigenvalue weighted by atomic mass is 16.5. The van der Waals surface area contributed by atoms with E-state index in [1.165, 1.54) is 26.8 Å². The first-order chi connectivity index (χ1) is 6.22. The van der Waals surface area contributed by atoms with Gasteiger partial charge in [0.05, 0.1) is 22.8 Å². The number of esters is 1. The van der Waals surface area contributed by atoms with Gasteiger partial charge in [0.2, 0.25) is 0 Å². The summed E-state index contributed by atoms with van der Waals surface area (Å²) in [6.45, 7) is 2.04. The van der Waals surface area contributed by atoms with E-state index in [4.69, 9.17) is 0 Å². The normalized spacial score (nSPS) is 8.15. The lowest BCUT2D eigenvalue weighted by molar-refractivity contribution is -0.140. The summed E-state index contributed by atoms with van der Waals surface area (Å²) in [5.74, 6) is -0.105. The molecule has 0 fully saturated rings. The minimum absolute atomic E-state index is 0.105. The first-order valence-electron chi connectivity index (χ1n) is 5.29. The Balaban J connectivity index is 0. The molecule has 0 aliphatic heterocycles. The first kappa shape index (κ1) is 15.2. The molecular formula is C8H21B3O2. The molecule has 0 spiro atoms. The van der Waals surface area contributed by atoms with Crippen LogP contribution in [0.15, 0.2) is 0 Å². The maximum absolute atomic E-state index is 10.3. The van der Waals surface area contributed by atoms with E-state index >= 15 is 0 Å². The summed E-state index contributed by atoms with van der Waals surface area (Å²) in [6.07, 6.45) is 5.24. The lowest BCUT2D eigenvalue weighted by Crippen LogP contribution is -1.98. The topological polar surface area (TPSA) is 26.3 Å². The van der Waals surface area contributed by atoms with E-state index in [9.17, 15) is 4.79 Å². The molecule has 0 aliphatic rings. The molecule has 2 nitrogen and oxygen atoms in total. The molecule has 0 aromatic rings. The fourth-order valence-electron chi connectivity index (χ4n) is 0.777. The molecule has 0 N–H and O–H groups in total. The predicted molar refractivity (Wildman–Crippen MR) is 65.4 cm³/mol. The molecule has 0 amide bonds. The van der Waals surface area contributed by atoms with Crippen molar-refractivity contribution in [1.82, 2.24) is 0 Å². The lowest BCUT2D eigenvalue weighted by atomic mass is 9.58. The van der Waals surface area contributed by atoms with Crippen molar-refractivity contribution in [2.75, 3.05) is 7.11 Å². The van der Waals surface area contributed by atoms with E-state index in [2.05, 4.69) is 20.4 Å². The van der Waals surface area contributed by atoms with Gasteiger partial charge >= 0.3 is 5.97 Å². The number of hydrogen-bond donors (Lipinski definition) is 0. The number of carbonyl (C=O) groups is 1. The highest BCUT2D eigenvalue weighted by Crippen LogP contribution is 1.94. The Bertz CT molecular complexity index is 108. The summed E-state index contributed by atoms with van der Waals surface area (Å²) in [7, 11) is 7.23. The maximum atomic E-state index is 10.3. The van der Waals surface area contributed by atoms with E-state index in [-0.39, 0.29) is 5.97 Å². The Kier molecular flexibility index (Phi) is 16.6. The van der Waals surface area contributed by atoms with Gasteiger partial charge in [-0.3, -0.25) is 4.79 Å². The molecule has 0 aromatic carbocycles. The van der Waals surface area contributed by atoms with E-state index in [0.29, 0.717) is 6.42 Å². The maximum Gasteiger partial charge on any atom is 0.305 e. The molecule has 0 atom stereocenters. The van der Waals surface area contributed by atoms with Crippen molar-refractivity contribution in [2.24, 2.45) is 0 Å². The van der Waals surface area contributed by atoms with E-state index < -0.39 is 0 Å². The summed E-state index contributed by atoms with van der Waals surface area (Å²) in [5.41, 5.74) is 0. The number of hydrogen-bond acceptors (Lipinski definition) is 2. The first-order valence-corrected chi connectivity index (χ1v) is 5.29. The Morgan fingerprint density at radius 3 is 2.15 bits per heavy atom. The molecule has 0 aromatic heterocycles. The van der Waals surface area contributed by atoms with Crippen LogP contribution in [-0.2, 0) is 9.53 Å². The number of carbonyl (C=O) groups excluding carboxylic acids is 1. The van der Waals surface area contributed by atoms with Gasteiger partial charge in [-0.15, -0.1) is 12.4 Å². The van der Waals surface area contributed by atoms with Crippen molar-refractivity contribution in [2.45, 2.75) is 38.6 Å². The van der Waals surface area contributed by atoms with Crippen LogP contribution in [-0.4, -0.2) is 36.1 Å². The fraction of sp³-hybridized carbons (Fsp3) is 0.875. The summed E-state index contributed by atoms with van der Waals surface area (Å²) in [4.78, 5) is 10.3. The molecule has 5 heteroatoms. The Morgan fingerprint density at radius 1 is 1.38 bits per heavy atom. The number of methoxy groups -OCH3 is 1. The van der Waals surface area contributed by atoms with Crippen LogP contribution >= 0.6 is 0 Å². The standard InChI is InChI=1S/C6H12O2.C2H9B3/c1-3-4-5-6(7)8-2;3-1-5-2-4/h3-5H2,1-2H3;5H,1-4H2. The van der Waals surface area contributed by atoms with Crippen molar-refractivity contribution < 1.29 is 9.53 Å². The van der Waals surface area contributed by atoms with Gasteiger partial charge in [-0.25, -0.2) is 0 Å². The third kappa shape index (κ3) is 18.5. The monoisotopic (exact) mass is 182 g/mol. The zero-order valence-corrected chi connectivity index (χ0v) is 9.56. The predicted octanol–water partition coefficient (Wildman–Crippen LogP) is -0.210. The van der Waals surface area contributed by atoms with Gasteiger partial charge in [-0.2, -0.15) is 0 Å². The molecule has 0 radical (unpaired) electrons. The quantitative estimate of drug-likeness (QED) is 0.434. The van der Waals surface area contributed by atoms with Crippen molar-refractivity contribution in [1.29, 1.82) is 0 Å². The highest BCUT2D eigenvalue weighted by Gasteiger charge is 1.95. The number of ether oxygens (including phenoxy) is 1. The van der Waals surface area contributed by atoms with Gasteiger partial charge in [0.15, 0.2) is 0 Å². The molecule has 0 aliphatic carbocycles. The Labute approximate surface area is 84.9 Å². The van der Waals surface area contributed by atoms with Crippen LogP contribution in [0.4, 0.5) is 0 Å². The average Bonchev–Trinajstić information content (AvgIpc) is 2.16. The van der Waals surface area contributed by atoms with Crippen molar-refractivity contribution in [3.8, 4) is 0 Å². The van der Waals surface area contributed by atoms with Gasteiger partial charge < -0.3 is 4.74 Å². The molecule has 0 saturated carbocycles. The average molecular weight is 182 g/mol. The second-order valence-electron chi connectivity index (χ2n) is 3.03. The van der Waals surface area contributed by atoms with Gasteiger partial charge in [0.1, 0.15) is 7.28 Å². The van der Waals surface area contributed by atoms with Gasteiger partial charge in [0, 0.05) is 6.42 Å². The second kappa shape index (κ2) is 14.2. The fourth-order valence-corrected chi connectivity index (χ4v) is 0.777. The SMILES string of the molecule is BCBCB.CCCCC(=O)OC. The molecule has 0 bridgehead atoms. The largest absolute Gasteiger partial charge is 0.469 e. The van der Waals surface area contributed by atoms with E-state index in [1.54, 1.807) is 0 Å². The zero-order valence-electron chi connectivity index (χ0n) is 9.56. The summed E-state index contributed by atoms with van der Waals surface area (Å²) in [5, 5.41) is 0. The van der Waals surface area contributed by atoms with Crippen molar-refractivity contribution in [3.63, 3.8) is 0 Å². The van der Waals surface area contributed by atoms with Gasteiger partial charge in [-0.05, 0) is 6.42 Å². The summed E-state index contributed by atoms with van der Waals surface area (Å²) < 4.78 is 4.41. The smallest absolute Gasteiger partial charge is 0.305 e. The molecule has 0 heterocycles. The van der Waals surface area contributed by atoms with Crippen LogP contribution in [0.3, 0.4) is 0 Å². The number of unbranched alkanes of at least 4 members (excludes halogenated alkanes) is 1. The Morgan fingerprint density at radius 2 is 1.92 bits per heavy atom. The van der Waals surface area contributed by atoms with Gasteiger partial charge in [0.25, 0.3) is 0 Å². The molecule has 74 valence electrons. The highest BCUT2D eigenvalue weighted by molar-refractivity contribution is 6.54. The van der Waals surface area contributed by atoms with Crippen LogP contribution in [0.1, 0.15) is 26.2 Å². The summed E-state index contributed by atoms with van der Waals surface area (Å²) in [6, 6.07) is 0. The molecule has 0 rings (SSSR count). The summed E-state index contributed by atoms with van der Waals surface area (Å²) >= 11 is 0. The van der Waals surface area contributed by atoms with E-state index in [0.717, 1.165) is 12.8 Å². The molecular weight excluding hydrogens is 161 g/mol.